The normalized spacial score (nSPS) is 27.3. The van der Waals surface area contributed by atoms with Crippen molar-refractivity contribution in [2.75, 3.05) is 6.61 Å². The molecule has 0 aromatic heterocycles. The van der Waals surface area contributed by atoms with E-state index in [2.05, 4.69) is 10.6 Å². The second-order valence-corrected chi connectivity index (χ2v) is 6.10. The number of halogens is 3. The van der Waals surface area contributed by atoms with Gasteiger partial charge in [-0.3, -0.25) is 0 Å². The van der Waals surface area contributed by atoms with Crippen molar-refractivity contribution in [3.05, 3.63) is 28.8 Å². The van der Waals surface area contributed by atoms with Gasteiger partial charge >= 0.3 is 6.03 Å². The molecule has 7 heteroatoms. The first-order chi connectivity index (χ1) is 10.5. The van der Waals surface area contributed by atoms with Gasteiger partial charge in [0.05, 0.1) is 12.1 Å². The van der Waals surface area contributed by atoms with Gasteiger partial charge < -0.3 is 15.4 Å². The Morgan fingerprint density at radius 3 is 2.82 bits per heavy atom. The predicted molar refractivity (Wildman–Crippen MR) is 78.8 cm³/mol. The molecule has 22 heavy (non-hydrogen) atoms. The average Bonchev–Trinajstić information content (AvgIpc) is 2.84. The lowest BCUT2D eigenvalue weighted by molar-refractivity contribution is 0.0810. The van der Waals surface area contributed by atoms with Gasteiger partial charge in [-0.2, -0.15) is 0 Å². The van der Waals surface area contributed by atoms with Gasteiger partial charge in [0.15, 0.2) is 0 Å². The van der Waals surface area contributed by atoms with Crippen LogP contribution in [0, 0.1) is 0 Å². The van der Waals surface area contributed by atoms with Crippen molar-refractivity contribution in [1.82, 2.24) is 10.6 Å². The Balaban J connectivity index is 1.80. The zero-order chi connectivity index (χ0) is 15.7. The largest absolute Gasteiger partial charge is 0.487 e. The summed E-state index contributed by atoms with van der Waals surface area (Å²) in [7, 11) is 0. The number of ether oxygens (including phenoxy) is 1. The van der Waals surface area contributed by atoms with E-state index in [1.807, 2.05) is 0 Å². The summed E-state index contributed by atoms with van der Waals surface area (Å²) in [4.78, 5) is 11.4. The maximum atomic E-state index is 12.4. The number of benzene rings is 1. The number of amides is 2. The topological polar surface area (TPSA) is 50.4 Å². The standard InChI is InChI=1S/C15H17ClF2N2O2/c16-9-2-1-3-12(22-7-13(17)18)14(9)8-4-5-10-11(6-8)20-15(21)19-10/h1-3,8,10-11,13H,4-7H2,(H2,19,20,21). The zero-order valence-corrected chi connectivity index (χ0v) is 12.6. The number of rotatable bonds is 4. The number of urea groups is 1. The van der Waals surface area contributed by atoms with E-state index in [0.29, 0.717) is 10.8 Å². The van der Waals surface area contributed by atoms with Gasteiger partial charge in [0, 0.05) is 10.6 Å². The second-order valence-electron chi connectivity index (χ2n) is 5.69. The molecule has 1 aliphatic heterocycles. The van der Waals surface area contributed by atoms with Crippen molar-refractivity contribution >= 4 is 17.6 Å². The summed E-state index contributed by atoms with van der Waals surface area (Å²) >= 11 is 6.28. The molecule has 120 valence electrons. The Morgan fingerprint density at radius 2 is 2.05 bits per heavy atom. The molecule has 1 heterocycles. The van der Waals surface area contributed by atoms with E-state index < -0.39 is 13.0 Å². The first-order valence-electron chi connectivity index (χ1n) is 7.31. The SMILES string of the molecule is O=C1NC2CCC(c3c(Cl)cccc3OCC(F)F)CC2N1. The molecule has 0 bridgehead atoms. The first-order valence-corrected chi connectivity index (χ1v) is 7.68. The van der Waals surface area contributed by atoms with Crippen molar-refractivity contribution < 1.29 is 18.3 Å². The molecule has 0 spiro atoms. The highest BCUT2D eigenvalue weighted by molar-refractivity contribution is 6.31. The van der Waals surface area contributed by atoms with Gasteiger partial charge in [-0.25, -0.2) is 13.6 Å². The Kier molecular flexibility index (Phi) is 4.38. The molecule has 1 saturated heterocycles. The molecule has 4 nitrogen and oxygen atoms in total. The quantitative estimate of drug-likeness (QED) is 0.890. The second kappa shape index (κ2) is 6.28. The number of carbonyl (C=O) groups is 1. The fourth-order valence-corrected chi connectivity index (χ4v) is 3.66. The van der Waals surface area contributed by atoms with E-state index >= 15 is 0 Å². The maximum Gasteiger partial charge on any atom is 0.315 e. The lowest BCUT2D eigenvalue weighted by Gasteiger charge is -2.32. The first kappa shape index (κ1) is 15.3. The van der Waals surface area contributed by atoms with Gasteiger partial charge in [0.2, 0.25) is 0 Å². The highest BCUT2D eigenvalue weighted by atomic mass is 35.5. The Morgan fingerprint density at radius 1 is 1.27 bits per heavy atom. The fraction of sp³-hybridized carbons (Fsp3) is 0.533. The minimum atomic E-state index is -2.53. The highest BCUT2D eigenvalue weighted by Gasteiger charge is 2.38. The van der Waals surface area contributed by atoms with Crippen LogP contribution in [0.15, 0.2) is 18.2 Å². The van der Waals surface area contributed by atoms with Crippen LogP contribution in [0.1, 0.15) is 30.7 Å². The summed E-state index contributed by atoms with van der Waals surface area (Å²) < 4.78 is 30.0. The van der Waals surface area contributed by atoms with Crippen molar-refractivity contribution in [3.63, 3.8) is 0 Å². The molecule has 2 amide bonds. The zero-order valence-electron chi connectivity index (χ0n) is 11.8. The lowest BCUT2D eigenvalue weighted by atomic mass is 9.79. The lowest BCUT2D eigenvalue weighted by Crippen LogP contribution is -2.39. The van der Waals surface area contributed by atoms with Crippen LogP contribution >= 0.6 is 11.6 Å². The molecule has 1 saturated carbocycles. The van der Waals surface area contributed by atoms with Gasteiger partial charge in [-0.05, 0) is 37.3 Å². The van der Waals surface area contributed by atoms with E-state index in [1.165, 1.54) is 0 Å². The van der Waals surface area contributed by atoms with E-state index in [0.717, 1.165) is 24.8 Å². The number of hydrogen-bond donors (Lipinski definition) is 2. The van der Waals surface area contributed by atoms with Crippen molar-refractivity contribution in [3.8, 4) is 5.75 Å². The molecular formula is C15H17ClF2N2O2. The monoisotopic (exact) mass is 330 g/mol. The van der Waals surface area contributed by atoms with Crippen molar-refractivity contribution in [1.29, 1.82) is 0 Å². The van der Waals surface area contributed by atoms with Crippen LogP contribution in [0.2, 0.25) is 5.02 Å². The van der Waals surface area contributed by atoms with Gasteiger partial charge in [-0.1, -0.05) is 17.7 Å². The van der Waals surface area contributed by atoms with Crippen molar-refractivity contribution in [2.45, 2.75) is 43.7 Å². The summed E-state index contributed by atoms with van der Waals surface area (Å²) in [6.45, 7) is -0.648. The minimum absolute atomic E-state index is 0.0467. The third kappa shape index (κ3) is 3.11. The van der Waals surface area contributed by atoms with E-state index in [9.17, 15) is 13.6 Å². The van der Waals surface area contributed by atoms with Crippen LogP contribution in [0.3, 0.4) is 0 Å². The number of nitrogens with one attached hydrogen (secondary N) is 2. The summed E-state index contributed by atoms with van der Waals surface area (Å²) in [5, 5.41) is 6.30. The molecule has 1 aromatic rings. The molecule has 3 rings (SSSR count). The van der Waals surface area contributed by atoms with Crippen LogP contribution in [0.4, 0.5) is 13.6 Å². The Hall–Kier alpha value is -1.56. The number of fused-ring (bicyclic) bond motifs is 1. The van der Waals surface area contributed by atoms with Gasteiger partial charge in [-0.15, -0.1) is 0 Å². The van der Waals surface area contributed by atoms with Crippen molar-refractivity contribution in [2.24, 2.45) is 0 Å². The minimum Gasteiger partial charge on any atom is -0.487 e. The third-order valence-electron chi connectivity index (χ3n) is 4.27. The summed E-state index contributed by atoms with van der Waals surface area (Å²) in [5.74, 6) is 0.497. The van der Waals surface area contributed by atoms with Crippen LogP contribution in [-0.2, 0) is 0 Å². The molecule has 3 atom stereocenters. The van der Waals surface area contributed by atoms with Crippen LogP contribution < -0.4 is 15.4 Å². The Bertz CT molecular complexity index is 570. The summed E-state index contributed by atoms with van der Waals surface area (Å²) in [5.41, 5.74) is 0.768. The average molecular weight is 331 g/mol. The molecule has 2 fully saturated rings. The molecule has 1 aromatic carbocycles. The summed E-state index contributed by atoms with van der Waals surface area (Å²) in [6, 6.07) is 5.13. The molecule has 1 aliphatic carbocycles. The molecule has 2 aliphatic rings. The van der Waals surface area contributed by atoms with E-state index in [4.69, 9.17) is 16.3 Å². The summed E-state index contributed by atoms with van der Waals surface area (Å²) in [6.07, 6.45) is -0.148. The predicted octanol–water partition coefficient (Wildman–Crippen LogP) is 3.30. The highest BCUT2D eigenvalue weighted by Crippen LogP contribution is 2.42. The Labute approximate surface area is 132 Å². The molecule has 0 radical (unpaired) electrons. The number of alkyl halides is 2. The van der Waals surface area contributed by atoms with Crippen LogP contribution in [0.5, 0.6) is 5.75 Å². The van der Waals surface area contributed by atoms with Crippen LogP contribution in [0.25, 0.3) is 0 Å². The fourth-order valence-electron chi connectivity index (χ4n) is 3.34. The third-order valence-corrected chi connectivity index (χ3v) is 4.60. The maximum absolute atomic E-state index is 12.4. The number of hydrogen-bond acceptors (Lipinski definition) is 2. The van der Waals surface area contributed by atoms with E-state index in [-0.39, 0.29) is 24.0 Å². The van der Waals surface area contributed by atoms with E-state index in [1.54, 1.807) is 18.2 Å². The smallest absolute Gasteiger partial charge is 0.315 e. The number of carbonyl (C=O) groups excluding carboxylic acids is 1. The van der Waals surface area contributed by atoms with Gasteiger partial charge in [0.1, 0.15) is 12.4 Å². The molecular weight excluding hydrogens is 314 g/mol. The van der Waals surface area contributed by atoms with Crippen LogP contribution in [-0.4, -0.2) is 31.1 Å². The molecule has 2 N–H and O–H groups in total. The molecule has 3 unspecified atom stereocenters. The van der Waals surface area contributed by atoms with Gasteiger partial charge in [0.25, 0.3) is 6.43 Å².